The van der Waals surface area contributed by atoms with Gasteiger partial charge in [0.25, 0.3) is 0 Å². The molecule has 0 radical (unpaired) electrons. The number of piperidine rings is 2. The summed E-state index contributed by atoms with van der Waals surface area (Å²) in [5.74, 6) is 0. The molecule has 12 heterocycles. The van der Waals surface area contributed by atoms with E-state index in [0.717, 1.165) is 32.5 Å². The van der Waals surface area contributed by atoms with Gasteiger partial charge < -0.3 is 63.8 Å². The van der Waals surface area contributed by atoms with Crippen molar-refractivity contribution < 1.29 is 0 Å². The molecule has 544 valence electrons. The van der Waals surface area contributed by atoms with E-state index in [1.807, 2.05) is 0 Å². The molecular weight excluding hydrogens is 1160 g/mol. The Bertz CT molecular complexity index is 2000. The molecule has 20 fully saturated rings. The maximum absolute atomic E-state index is 3.73. The minimum Gasteiger partial charge on any atom is -0.390 e. The number of hydrogen-bond acceptors (Lipinski definition) is 12. The third-order valence-corrected chi connectivity index (χ3v) is 30.3. The highest BCUT2D eigenvalue weighted by atomic mass is 15.1. The van der Waals surface area contributed by atoms with Gasteiger partial charge in [0.2, 0.25) is 0 Å². The summed E-state index contributed by atoms with van der Waals surface area (Å²) >= 11 is 0. The molecule has 11 spiro atoms. The summed E-state index contributed by atoms with van der Waals surface area (Å²) in [6, 6.07) is 0. The van der Waals surface area contributed by atoms with Crippen LogP contribution in [-0.2, 0) is 0 Å². The zero-order valence-electron chi connectivity index (χ0n) is 61.9. The summed E-state index contributed by atoms with van der Waals surface area (Å²) in [7, 11) is 0. The Balaban J connectivity index is 0.000000100. The van der Waals surface area contributed by atoms with Crippen LogP contribution in [0.15, 0.2) is 24.4 Å². The van der Waals surface area contributed by atoms with Crippen LogP contribution < -0.4 is 63.8 Å². The lowest BCUT2D eigenvalue weighted by molar-refractivity contribution is 0.0603. The van der Waals surface area contributed by atoms with Crippen LogP contribution in [0.25, 0.3) is 0 Å². The molecular formula is C83H152N12. The maximum Gasteiger partial charge on any atom is 0.0233 e. The fourth-order valence-corrected chi connectivity index (χ4v) is 21.8. The van der Waals surface area contributed by atoms with Crippen LogP contribution in [-0.4, -0.2) is 149 Å². The van der Waals surface area contributed by atoms with E-state index in [2.05, 4.69) is 88.2 Å². The summed E-state index contributed by atoms with van der Waals surface area (Å²) in [4.78, 5) is 0. The molecule has 95 heavy (non-hydrogen) atoms. The zero-order chi connectivity index (χ0) is 64.9. The Hall–Kier alpha value is -1.16. The largest absolute Gasteiger partial charge is 0.390 e. The maximum atomic E-state index is 3.73. The van der Waals surface area contributed by atoms with Crippen molar-refractivity contribution in [1.29, 1.82) is 0 Å². The van der Waals surface area contributed by atoms with Gasteiger partial charge in [-0.1, -0.05) is 115 Å². The fraction of sp³-hybridized carbons (Fsp3) is 0.952. The average Bonchev–Trinajstić information content (AvgIpc) is 1.78. The predicted octanol–water partition coefficient (Wildman–Crippen LogP) is 14.0. The van der Waals surface area contributed by atoms with E-state index in [1.54, 1.807) is 0 Å². The van der Waals surface area contributed by atoms with Crippen molar-refractivity contribution >= 4 is 0 Å². The molecule has 22 rings (SSSR count). The third-order valence-electron chi connectivity index (χ3n) is 30.3. The molecule has 10 aliphatic carbocycles. The van der Waals surface area contributed by atoms with E-state index in [1.165, 1.54) is 439 Å². The second-order valence-electron chi connectivity index (χ2n) is 37.5. The van der Waals surface area contributed by atoms with Crippen molar-refractivity contribution in [3.8, 4) is 0 Å². The van der Waals surface area contributed by atoms with Gasteiger partial charge in [0.15, 0.2) is 0 Å². The van der Waals surface area contributed by atoms with Crippen LogP contribution in [0, 0.1) is 48.7 Å². The first-order chi connectivity index (χ1) is 46.6. The molecule has 0 amide bonds. The van der Waals surface area contributed by atoms with E-state index in [9.17, 15) is 0 Å². The summed E-state index contributed by atoms with van der Waals surface area (Å²) in [5.41, 5.74) is 8.05. The molecule has 0 atom stereocenters. The minimum absolute atomic E-state index is 0.608. The topological polar surface area (TPSA) is 144 Å². The quantitative estimate of drug-likeness (QED) is 0.105. The van der Waals surface area contributed by atoms with E-state index in [-0.39, 0.29) is 0 Å². The van der Waals surface area contributed by atoms with Gasteiger partial charge in [0, 0.05) is 114 Å². The van der Waals surface area contributed by atoms with Gasteiger partial charge in [0.05, 0.1) is 0 Å². The monoisotopic (exact) mass is 1320 g/mol. The molecule has 11 saturated heterocycles. The van der Waals surface area contributed by atoms with E-state index in [4.69, 9.17) is 0 Å². The molecule has 0 aromatic heterocycles. The number of allylic oxidation sites excluding steroid dienone is 2. The van der Waals surface area contributed by atoms with Crippen molar-refractivity contribution in [2.75, 3.05) is 137 Å². The highest BCUT2D eigenvalue weighted by Gasteiger charge is 2.45. The first-order valence-corrected chi connectivity index (χ1v) is 42.5. The van der Waals surface area contributed by atoms with Gasteiger partial charge in [-0.25, -0.2) is 0 Å². The van der Waals surface area contributed by atoms with Crippen LogP contribution in [0.1, 0.15) is 302 Å². The Morgan fingerprint density at radius 1 is 0.189 bits per heavy atom. The SMILES string of the molecule is C1=CC2(CCC2)CN1.C1=CCC2(C1)CCNC2.C1CC2(C1)CCNC2.C1CC2(C1)CNC2.C1CC2(C1)CNC2.C1CCC2(C1)CCNC2.C1CCC2(C1)CNC2.C1CCC2(CC1)CCCCN2.C1CCC2(CCCC2)CNC1.C1CNC2(C1)CCC2.C1CNCC2(C1)CNC2. The van der Waals surface area contributed by atoms with Gasteiger partial charge >= 0.3 is 0 Å². The lowest BCUT2D eigenvalue weighted by Gasteiger charge is -2.49. The van der Waals surface area contributed by atoms with Crippen LogP contribution in [0.4, 0.5) is 0 Å². The molecule has 0 aromatic carbocycles. The van der Waals surface area contributed by atoms with Crippen molar-refractivity contribution in [2.24, 2.45) is 48.7 Å². The van der Waals surface area contributed by atoms with E-state index >= 15 is 0 Å². The molecule has 12 heteroatoms. The van der Waals surface area contributed by atoms with Crippen molar-refractivity contribution in [3.63, 3.8) is 0 Å². The predicted molar refractivity (Wildman–Crippen MR) is 402 cm³/mol. The Morgan fingerprint density at radius 3 is 0.758 bits per heavy atom. The fourth-order valence-electron chi connectivity index (χ4n) is 21.8. The zero-order valence-corrected chi connectivity index (χ0v) is 61.9. The van der Waals surface area contributed by atoms with Crippen LogP contribution >= 0.6 is 0 Å². The van der Waals surface area contributed by atoms with Gasteiger partial charge in [-0.05, 0) is 295 Å². The Morgan fingerprint density at radius 2 is 0.484 bits per heavy atom. The normalized spacial score (nSPS) is 31.9. The lowest BCUT2D eigenvalue weighted by Crippen LogP contribution is -2.60. The number of hydrogen-bond donors (Lipinski definition) is 12. The standard InChI is InChI=1S/2C10H19N.C8H15N.C8H13N.C7H14N2.2C7H13N.C7H11N.C7H13N.2C6H11N/c1-2-6-10(5-1)7-3-4-8-11-9-10;1-2-6-10(7-3-1)8-4-5-9-11-10;2*1-2-4-8(3-1)5-6-9-7-8;1-2-7(4-8-3-1)5-9-6-7;1-3-7(4-1)5-2-6-8-7;2*1-2-7(3-1)4-5-8-6-7;1-2-4-7(3-1)5-8-6-7;2*1-2-6(3-1)4-7-5-6/h2*11H,1-9H2;9H,1-7H2;1-2,9H,3-7H2;8-9H,1-6H2;2*8H,1-6H2;4-5,8H,1-3,6H2;8H,1-6H2;2*7H,1-5H2. The van der Waals surface area contributed by atoms with Gasteiger partial charge in [-0.3, -0.25) is 0 Å². The van der Waals surface area contributed by atoms with Gasteiger partial charge in [0.1, 0.15) is 0 Å². The van der Waals surface area contributed by atoms with E-state index < -0.39 is 0 Å². The second kappa shape index (κ2) is 35.3. The molecule has 0 aromatic rings. The number of nitrogens with one attached hydrogen (secondary N) is 12. The summed E-state index contributed by atoms with van der Waals surface area (Å²) < 4.78 is 0. The molecule has 9 saturated carbocycles. The second-order valence-corrected chi connectivity index (χ2v) is 37.5. The minimum atomic E-state index is 0.608. The third kappa shape index (κ3) is 20.6. The summed E-state index contributed by atoms with van der Waals surface area (Å²) in [6.45, 7) is 26.9. The summed E-state index contributed by atoms with van der Waals surface area (Å²) in [6.07, 6.45) is 77.7. The van der Waals surface area contributed by atoms with Crippen LogP contribution in [0.5, 0.6) is 0 Å². The van der Waals surface area contributed by atoms with Crippen molar-refractivity contribution in [3.05, 3.63) is 24.4 Å². The number of rotatable bonds is 0. The first-order valence-electron chi connectivity index (χ1n) is 42.5. The van der Waals surface area contributed by atoms with E-state index in [0.29, 0.717) is 27.3 Å². The van der Waals surface area contributed by atoms with Crippen LogP contribution in [0.2, 0.25) is 0 Å². The van der Waals surface area contributed by atoms with Gasteiger partial charge in [-0.15, -0.1) is 0 Å². The van der Waals surface area contributed by atoms with Crippen molar-refractivity contribution in [2.45, 2.75) is 313 Å². The Kier molecular flexibility index (Phi) is 27.4. The lowest BCUT2D eigenvalue weighted by atomic mass is 9.65. The molecule has 22 aliphatic rings. The van der Waals surface area contributed by atoms with Crippen LogP contribution in [0.3, 0.4) is 0 Å². The van der Waals surface area contributed by atoms with Crippen molar-refractivity contribution in [1.82, 2.24) is 63.8 Å². The first kappa shape index (κ1) is 73.6. The van der Waals surface area contributed by atoms with Gasteiger partial charge in [-0.2, -0.15) is 0 Å². The molecule has 12 nitrogen and oxygen atoms in total. The summed E-state index contributed by atoms with van der Waals surface area (Å²) in [5, 5.41) is 41.1. The average molecular weight is 1320 g/mol. The molecule has 12 aliphatic heterocycles. The molecule has 12 N–H and O–H groups in total. The molecule has 0 bridgehead atoms. The smallest absolute Gasteiger partial charge is 0.0233 e. The highest BCUT2D eigenvalue weighted by Crippen LogP contribution is 2.49. The molecule has 0 unspecified atom stereocenters. The highest BCUT2D eigenvalue weighted by molar-refractivity contribution is 5.11. The Labute approximate surface area is 584 Å².